The molecule has 1 N–H and O–H groups in total. The number of benzene rings is 2. The van der Waals surface area contributed by atoms with Gasteiger partial charge in [-0.2, -0.15) is 0 Å². The second-order valence-corrected chi connectivity index (χ2v) is 7.56. The van der Waals surface area contributed by atoms with Crippen LogP contribution >= 0.6 is 11.6 Å². The number of halogens is 1. The molecule has 1 saturated heterocycles. The lowest BCUT2D eigenvalue weighted by Crippen LogP contribution is -2.29. The molecule has 4 rings (SSSR count). The summed E-state index contributed by atoms with van der Waals surface area (Å²) >= 11 is 5.96. The minimum atomic E-state index is -0.906. The number of aliphatic hydroxyl groups excluding tert-OH is 1. The molecule has 0 radical (unpaired) electrons. The molecule has 2 aromatic carbocycles. The van der Waals surface area contributed by atoms with Crippen molar-refractivity contribution in [2.24, 2.45) is 0 Å². The van der Waals surface area contributed by atoms with E-state index in [1.165, 1.54) is 25.4 Å². The van der Waals surface area contributed by atoms with Gasteiger partial charge in [-0.3, -0.25) is 9.59 Å². The monoisotopic (exact) mass is 453 g/mol. The maximum Gasteiger partial charge on any atom is 0.296 e. The first-order chi connectivity index (χ1) is 15.4. The van der Waals surface area contributed by atoms with Gasteiger partial charge >= 0.3 is 0 Å². The Bertz CT molecular complexity index is 1180. The molecule has 3 aromatic rings. The summed E-state index contributed by atoms with van der Waals surface area (Å²) in [5.74, 6) is -0.402. The average Bonchev–Trinajstić information content (AvgIpc) is 3.41. The van der Waals surface area contributed by atoms with Gasteiger partial charge in [-0.15, -0.1) is 0 Å². The average molecular weight is 454 g/mol. The van der Waals surface area contributed by atoms with Gasteiger partial charge in [-0.05, 0) is 48.5 Å². The highest BCUT2D eigenvalue weighted by molar-refractivity contribution is 6.46. The molecule has 0 unspecified atom stereocenters. The van der Waals surface area contributed by atoms with Crippen LogP contribution in [0.2, 0.25) is 5.02 Å². The molecule has 1 aliphatic rings. The van der Waals surface area contributed by atoms with Crippen LogP contribution in [0.3, 0.4) is 0 Å². The predicted octanol–water partition coefficient (Wildman–Crippen LogP) is 4.57. The number of ketones is 1. The van der Waals surface area contributed by atoms with Crippen LogP contribution in [-0.4, -0.2) is 35.9 Å². The lowest BCUT2D eigenvalue weighted by atomic mass is 9.94. The van der Waals surface area contributed by atoms with Crippen molar-refractivity contribution in [1.29, 1.82) is 0 Å². The fourth-order valence-electron chi connectivity index (χ4n) is 3.74. The van der Waals surface area contributed by atoms with E-state index in [1.807, 2.05) is 0 Å². The SMILES string of the molecule is COc1ccc([C@@H]2/C(=C(\O)c3ccc(Cl)cc3)C(=O)C(=O)N2Cc2ccco2)c(OC)c1. The number of rotatable bonds is 6. The number of carbonyl (C=O) groups is 2. The van der Waals surface area contributed by atoms with Crippen molar-refractivity contribution in [2.45, 2.75) is 12.6 Å². The Morgan fingerprint density at radius 1 is 1.09 bits per heavy atom. The number of ether oxygens (including phenoxy) is 2. The summed E-state index contributed by atoms with van der Waals surface area (Å²) < 4.78 is 16.2. The molecule has 0 saturated carbocycles. The molecule has 1 aliphatic heterocycles. The second-order valence-electron chi connectivity index (χ2n) is 7.12. The molecule has 7 nitrogen and oxygen atoms in total. The quantitative estimate of drug-likeness (QED) is 0.334. The van der Waals surface area contributed by atoms with Gasteiger partial charge in [0.25, 0.3) is 11.7 Å². The zero-order valence-corrected chi connectivity index (χ0v) is 18.1. The predicted molar refractivity (Wildman–Crippen MR) is 118 cm³/mol. The van der Waals surface area contributed by atoms with Crippen molar-refractivity contribution in [2.75, 3.05) is 14.2 Å². The molecule has 1 atom stereocenters. The number of nitrogens with zero attached hydrogens (tertiary/aromatic N) is 1. The van der Waals surface area contributed by atoms with Crippen molar-refractivity contribution in [1.82, 2.24) is 4.90 Å². The Hall–Kier alpha value is -3.71. The zero-order valence-electron chi connectivity index (χ0n) is 17.4. The van der Waals surface area contributed by atoms with Gasteiger partial charge in [-0.1, -0.05) is 11.6 Å². The summed E-state index contributed by atoms with van der Waals surface area (Å²) in [5, 5.41) is 11.6. The van der Waals surface area contributed by atoms with E-state index >= 15 is 0 Å². The van der Waals surface area contributed by atoms with Crippen molar-refractivity contribution in [3.63, 3.8) is 0 Å². The molecular weight excluding hydrogens is 434 g/mol. The maximum absolute atomic E-state index is 13.1. The van der Waals surface area contributed by atoms with Gasteiger partial charge in [0.15, 0.2) is 0 Å². The van der Waals surface area contributed by atoms with Crippen molar-refractivity contribution >= 4 is 29.1 Å². The highest BCUT2D eigenvalue weighted by Gasteiger charge is 2.47. The molecular formula is C24H20ClNO6. The summed E-state index contributed by atoms with van der Waals surface area (Å²) in [6.07, 6.45) is 1.49. The Balaban J connectivity index is 1.91. The van der Waals surface area contributed by atoms with Crippen molar-refractivity contribution in [3.8, 4) is 11.5 Å². The van der Waals surface area contributed by atoms with Crippen molar-refractivity contribution in [3.05, 3.63) is 88.3 Å². The van der Waals surface area contributed by atoms with Crippen molar-refractivity contribution < 1.29 is 28.6 Å². The fourth-order valence-corrected chi connectivity index (χ4v) is 3.87. The molecule has 2 heterocycles. The Morgan fingerprint density at radius 2 is 1.84 bits per heavy atom. The van der Waals surface area contributed by atoms with Gasteiger partial charge in [0.05, 0.1) is 38.6 Å². The van der Waals surface area contributed by atoms with Gasteiger partial charge < -0.3 is 23.9 Å². The van der Waals surface area contributed by atoms with E-state index in [1.54, 1.807) is 54.6 Å². The molecule has 0 bridgehead atoms. The van der Waals surface area contributed by atoms with Gasteiger partial charge in [0.1, 0.15) is 23.0 Å². The lowest BCUT2D eigenvalue weighted by molar-refractivity contribution is -0.140. The van der Waals surface area contributed by atoms with E-state index in [0.717, 1.165) is 0 Å². The molecule has 32 heavy (non-hydrogen) atoms. The van der Waals surface area contributed by atoms with Crippen LogP contribution in [-0.2, 0) is 16.1 Å². The fraction of sp³-hybridized carbons (Fsp3) is 0.167. The number of aliphatic hydroxyl groups is 1. The van der Waals surface area contributed by atoms with Crippen LogP contribution in [0.25, 0.3) is 5.76 Å². The van der Waals surface area contributed by atoms with Gasteiger partial charge in [-0.25, -0.2) is 0 Å². The standard InChI is InChI=1S/C24H20ClNO6/c1-30-16-9-10-18(19(12-16)31-2)21-20(22(27)14-5-7-15(25)8-6-14)23(28)24(29)26(21)13-17-4-3-11-32-17/h3-12,21,27H,13H2,1-2H3/b22-20+/t21-/m1/s1. The second kappa shape index (κ2) is 8.80. The topological polar surface area (TPSA) is 89.2 Å². The number of likely N-dealkylation sites (tertiary alicyclic amines) is 1. The Kier molecular flexibility index (Phi) is 5.92. The van der Waals surface area contributed by atoms with Crippen LogP contribution in [0.5, 0.6) is 11.5 Å². The number of amides is 1. The first kappa shape index (κ1) is 21.5. The van der Waals surface area contributed by atoms with E-state index in [4.69, 9.17) is 25.5 Å². The summed E-state index contributed by atoms with van der Waals surface area (Å²) in [5.41, 5.74) is 0.838. The van der Waals surface area contributed by atoms with Crippen LogP contribution in [0.4, 0.5) is 0 Å². The van der Waals surface area contributed by atoms with Gasteiger partial charge in [0.2, 0.25) is 0 Å². The van der Waals surface area contributed by atoms with E-state index in [2.05, 4.69) is 0 Å². The zero-order chi connectivity index (χ0) is 22.8. The molecule has 1 aromatic heterocycles. The molecule has 1 amide bonds. The molecule has 0 spiro atoms. The summed E-state index contributed by atoms with van der Waals surface area (Å²) in [6.45, 7) is 0.0365. The normalized spacial score (nSPS) is 17.6. The largest absolute Gasteiger partial charge is 0.507 e. The highest BCUT2D eigenvalue weighted by atomic mass is 35.5. The van der Waals surface area contributed by atoms with Crippen LogP contribution in [0.15, 0.2) is 70.9 Å². The van der Waals surface area contributed by atoms with E-state index in [-0.39, 0.29) is 17.9 Å². The van der Waals surface area contributed by atoms with Crippen LogP contribution in [0.1, 0.15) is 22.9 Å². The Labute approximate surface area is 189 Å². The number of furan rings is 1. The minimum Gasteiger partial charge on any atom is -0.507 e. The Morgan fingerprint density at radius 3 is 2.47 bits per heavy atom. The number of carbonyl (C=O) groups excluding carboxylic acids is 2. The third-order valence-electron chi connectivity index (χ3n) is 5.30. The smallest absolute Gasteiger partial charge is 0.296 e. The maximum atomic E-state index is 13.1. The molecule has 164 valence electrons. The van der Waals surface area contributed by atoms with Crippen LogP contribution in [0, 0.1) is 0 Å². The number of methoxy groups -OCH3 is 2. The van der Waals surface area contributed by atoms with Crippen LogP contribution < -0.4 is 9.47 Å². The lowest BCUT2D eigenvalue weighted by Gasteiger charge is -2.26. The minimum absolute atomic E-state index is 0.0365. The first-order valence-electron chi connectivity index (χ1n) is 9.73. The summed E-state index contributed by atoms with van der Waals surface area (Å²) in [7, 11) is 3.01. The third-order valence-corrected chi connectivity index (χ3v) is 5.55. The first-order valence-corrected chi connectivity index (χ1v) is 10.1. The number of hydrogen-bond acceptors (Lipinski definition) is 6. The van der Waals surface area contributed by atoms with E-state index < -0.39 is 17.7 Å². The summed E-state index contributed by atoms with van der Waals surface area (Å²) in [4.78, 5) is 27.5. The highest BCUT2D eigenvalue weighted by Crippen LogP contribution is 2.44. The molecule has 1 fully saturated rings. The molecule has 0 aliphatic carbocycles. The summed E-state index contributed by atoms with van der Waals surface area (Å²) in [6, 6.07) is 13.9. The van der Waals surface area contributed by atoms with Gasteiger partial charge in [0, 0.05) is 22.2 Å². The number of Topliss-reactive ketones (excluding diaryl/α,β-unsaturated/α-hetero) is 1. The number of hydrogen-bond donors (Lipinski definition) is 1. The third kappa shape index (κ3) is 3.83. The van der Waals surface area contributed by atoms with E-state index in [9.17, 15) is 14.7 Å². The molecule has 8 heteroatoms. The van der Waals surface area contributed by atoms with E-state index in [0.29, 0.717) is 33.4 Å².